The first-order valence-electron chi connectivity index (χ1n) is 15.4. The van der Waals surface area contributed by atoms with Crippen LogP contribution in [0.3, 0.4) is 0 Å². The SMILES string of the molecule is CCN1C(=CC=Cc2n(CCCS(=O)(=O)[O-])c3cc(S(=O)(=O)C(F)(F)F)ccc3[n+]2CC)N(CCCS(=O)(=O)[O-])c2cc(S(=O)(=O)C(F)(F)F)ccc21.[Na+]. The predicted molar refractivity (Wildman–Crippen MR) is 177 cm³/mol. The monoisotopic (exact) mass is 860 g/mol. The van der Waals surface area contributed by atoms with E-state index in [4.69, 9.17) is 0 Å². The van der Waals surface area contributed by atoms with Crippen LogP contribution in [0, 0.1) is 0 Å². The Morgan fingerprint density at radius 1 is 0.722 bits per heavy atom. The number of hydrogen-bond acceptors (Lipinski definition) is 12. The molecule has 294 valence electrons. The zero-order chi connectivity index (χ0) is 39.9. The first kappa shape index (κ1) is 45.7. The van der Waals surface area contributed by atoms with Gasteiger partial charge in [0.1, 0.15) is 5.82 Å². The Hall–Kier alpha value is -2.71. The van der Waals surface area contributed by atoms with Crippen LogP contribution in [0.5, 0.6) is 0 Å². The van der Waals surface area contributed by atoms with Crippen LogP contribution in [0.25, 0.3) is 17.1 Å². The number of alkyl halides is 6. The Balaban J connectivity index is 0.00000784. The number of aryl methyl sites for hydroxylation is 2. The Morgan fingerprint density at radius 2 is 1.24 bits per heavy atom. The molecule has 0 unspecified atom stereocenters. The number of sulfone groups is 2. The molecule has 0 fully saturated rings. The number of allylic oxidation sites excluding steroid dienone is 2. The van der Waals surface area contributed by atoms with Crippen LogP contribution in [-0.2, 0) is 53.0 Å². The Morgan fingerprint density at radius 3 is 1.74 bits per heavy atom. The number of halogens is 6. The molecule has 4 rings (SSSR count). The molecule has 0 saturated heterocycles. The van der Waals surface area contributed by atoms with Gasteiger partial charge in [-0.05, 0) is 63.1 Å². The van der Waals surface area contributed by atoms with E-state index in [1.807, 2.05) is 0 Å². The summed E-state index contributed by atoms with van der Waals surface area (Å²) < 4.78 is 200. The van der Waals surface area contributed by atoms with Gasteiger partial charge in [-0.1, -0.05) is 6.08 Å². The second-order valence-electron chi connectivity index (χ2n) is 11.5. The maximum Gasteiger partial charge on any atom is 1.00 e. The molecule has 3 aromatic rings. The number of aromatic nitrogens is 2. The molecule has 0 bridgehead atoms. The summed E-state index contributed by atoms with van der Waals surface area (Å²) in [4.78, 5) is 0.657. The Kier molecular flexibility index (Phi) is 13.9. The number of rotatable bonds is 14. The Labute approximate surface area is 329 Å². The van der Waals surface area contributed by atoms with E-state index >= 15 is 0 Å². The van der Waals surface area contributed by atoms with E-state index in [1.165, 1.54) is 27.7 Å². The van der Waals surface area contributed by atoms with E-state index in [2.05, 4.69) is 0 Å². The van der Waals surface area contributed by atoms with Gasteiger partial charge in [-0.2, -0.15) is 26.3 Å². The van der Waals surface area contributed by atoms with Gasteiger partial charge < -0.3 is 18.9 Å². The smallest absolute Gasteiger partial charge is 0.748 e. The van der Waals surface area contributed by atoms with Crippen LogP contribution in [0.15, 0.2) is 64.2 Å². The third-order valence-electron chi connectivity index (χ3n) is 8.07. The quantitative estimate of drug-likeness (QED) is 0.0950. The molecule has 0 atom stereocenters. The van der Waals surface area contributed by atoms with Gasteiger partial charge in [0.2, 0.25) is 0 Å². The molecule has 2 aromatic carbocycles. The van der Waals surface area contributed by atoms with Gasteiger partial charge in [-0.3, -0.25) is 0 Å². The largest absolute Gasteiger partial charge is 1.00 e. The molecular formula is C29H31F6N4NaO10S4. The molecule has 1 aliphatic heterocycles. The third kappa shape index (κ3) is 9.62. The molecule has 0 N–H and O–H groups in total. The minimum absolute atomic E-state index is 0. The van der Waals surface area contributed by atoms with Crippen molar-refractivity contribution in [2.45, 2.75) is 60.6 Å². The predicted octanol–water partition coefficient (Wildman–Crippen LogP) is 0.611. The number of hydrogen-bond donors (Lipinski definition) is 0. The molecule has 0 amide bonds. The second kappa shape index (κ2) is 16.4. The summed E-state index contributed by atoms with van der Waals surface area (Å²) in [5.41, 5.74) is -10.9. The zero-order valence-electron chi connectivity index (χ0n) is 28.6. The van der Waals surface area contributed by atoms with Gasteiger partial charge in [0, 0.05) is 36.7 Å². The van der Waals surface area contributed by atoms with Crippen molar-refractivity contribution in [3.8, 4) is 0 Å². The van der Waals surface area contributed by atoms with E-state index in [0.717, 1.165) is 36.4 Å². The fraction of sp³-hybridized carbons (Fsp3) is 0.414. The minimum atomic E-state index is -5.81. The molecule has 0 spiro atoms. The number of anilines is 2. The molecule has 0 radical (unpaired) electrons. The normalized spacial score (nSPS) is 15.4. The molecule has 54 heavy (non-hydrogen) atoms. The number of fused-ring (bicyclic) bond motifs is 2. The van der Waals surface area contributed by atoms with Crippen molar-refractivity contribution in [2.75, 3.05) is 34.4 Å². The fourth-order valence-corrected chi connectivity index (χ4v) is 8.32. The van der Waals surface area contributed by atoms with Crippen LogP contribution in [0.4, 0.5) is 37.7 Å². The van der Waals surface area contributed by atoms with Crippen molar-refractivity contribution in [1.29, 1.82) is 0 Å². The van der Waals surface area contributed by atoms with Crippen molar-refractivity contribution in [1.82, 2.24) is 4.57 Å². The van der Waals surface area contributed by atoms with Crippen LogP contribution >= 0.6 is 0 Å². The average molecular weight is 861 g/mol. The van der Waals surface area contributed by atoms with Crippen LogP contribution in [0.1, 0.15) is 32.5 Å². The Bertz CT molecular complexity index is 2420. The van der Waals surface area contributed by atoms with Crippen molar-refractivity contribution < 1.29 is 103 Å². The van der Waals surface area contributed by atoms with Crippen LogP contribution in [-0.4, -0.2) is 83.0 Å². The van der Waals surface area contributed by atoms with Crippen molar-refractivity contribution in [3.63, 3.8) is 0 Å². The molecule has 2 heterocycles. The summed E-state index contributed by atoms with van der Waals surface area (Å²) in [6.07, 6.45) is 3.53. The van der Waals surface area contributed by atoms with Crippen molar-refractivity contribution in [2.24, 2.45) is 0 Å². The molecule has 1 aromatic heterocycles. The fourth-order valence-electron chi connectivity index (χ4n) is 5.80. The van der Waals surface area contributed by atoms with Gasteiger partial charge in [-0.25, -0.2) is 42.8 Å². The van der Waals surface area contributed by atoms with Crippen LogP contribution < -0.4 is 43.9 Å². The summed E-state index contributed by atoms with van der Waals surface area (Å²) in [6, 6.07) is 5.27. The summed E-state index contributed by atoms with van der Waals surface area (Å²) in [6.45, 7) is 3.01. The van der Waals surface area contributed by atoms with Crippen LogP contribution in [0.2, 0.25) is 0 Å². The van der Waals surface area contributed by atoms with Crippen molar-refractivity contribution in [3.05, 3.63) is 60.2 Å². The van der Waals surface area contributed by atoms with Crippen molar-refractivity contribution >= 4 is 68.4 Å². The van der Waals surface area contributed by atoms with Gasteiger partial charge in [0.25, 0.3) is 25.5 Å². The third-order valence-corrected chi connectivity index (χ3v) is 12.6. The molecule has 0 aliphatic carbocycles. The van der Waals surface area contributed by atoms with E-state index in [-0.39, 0.29) is 103 Å². The van der Waals surface area contributed by atoms with Gasteiger partial charge in [-0.15, -0.1) is 0 Å². The molecule has 14 nitrogen and oxygen atoms in total. The zero-order valence-corrected chi connectivity index (χ0v) is 33.9. The van der Waals surface area contributed by atoms with Gasteiger partial charge in [0.05, 0.1) is 54.5 Å². The molecular weight excluding hydrogens is 830 g/mol. The van der Waals surface area contributed by atoms with Gasteiger partial charge >= 0.3 is 40.6 Å². The topological polar surface area (TPSA) is 198 Å². The number of benzene rings is 2. The summed E-state index contributed by atoms with van der Waals surface area (Å²) in [5, 5.41) is 0. The van der Waals surface area contributed by atoms with E-state index in [0.29, 0.717) is 0 Å². The summed E-state index contributed by atoms with van der Waals surface area (Å²) in [5.74, 6) is -1.36. The standard InChI is InChI=1S/C29H32F6N4O10S4.Na/c1-3-36-22-12-10-20(52(46,47)28(30,31)32)18-24(22)38(14-6-16-50(40,41)42)26(36)8-5-9-27-37(4-2)23-13-11-21(53(48,49)29(33,34)35)19-25(23)39(27)15-7-17-51(43,44)45;/h5,8-13,18-19H,3-4,6-7,14-17H2,1-2H3,(H-,40,41,42,43,44,45);/q;+1/p-1. The van der Waals surface area contributed by atoms with Gasteiger partial charge in [0.15, 0.2) is 11.0 Å². The first-order chi connectivity index (χ1) is 24.2. The summed E-state index contributed by atoms with van der Waals surface area (Å²) >= 11 is 0. The number of nitrogens with zero attached hydrogens (tertiary/aromatic N) is 4. The second-order valence-corrected chi connectivity index (χ2v) is 18.4. The van der Waals surface area contributed by atoms with E-state index < -0.39 is 72.2 Å². The van der Waals surface area contributed by atoms with E-state index in [9.17, 15) is 69.1 Å². The first-order valence-corrected chi connectivity index (χ1v) is 21.5. The average Bonchev–Trinajstić information content (AvgIpc) is 3.48. The maximum atomic E-state index is 13.4. The molecule has 25 heteroatoms. The molecule has 1 aliphatic rings. The molecule has 0 saturated carbocycles. The minimum Gasteiger partial charge on any atom is -0.748 e. The van der Waals surface area contributed by atoms with E-state index in [1.54, 1.807) is 23.3 Å². The summed E-state index contributed by atoms with van der Waals surface area (Å²) in [7, 11) is -21.1. The maximum absolute atomic E-state index is 13.4. The number of imidazole rings is 1.